The number of amides is 1. The highest BCUT2D eigenvalue weighted by atomic mass is 16.5. The maximum atomic E-state index is 12.6. The van der Waals surface area contributed by atoms with Gasteiger partial charge in [0.1, 0.15) is 0 Å². The van der Waals surface area contributed by atoms with Gasteiger partial charge in [0.05, 0.1) is 18.4 Å². The van der Waals surface area contributed by atoms with Crippen LogP contribution in [-0.2, 0) is 23.0 Å². The number of pyridine rings is 1. The van der Waals surface area contributed by atoms with Gasteiger partial charge in [-0.2, -0.15) is 5.10 Å². The van der Waals surface area contributed by atoms with Gasteiger partial charge in [-0.25, -0.2) is 4.98 Å². The molecule has 0 bridgehead atoms. The molecule has 136 valence electrons. The molecule has 1 amide bonds. The number of ether oxygens (including phenoxy) is 1. The molecule has 0 aromatic carbocycles. The van der Waals surface area contributed by atoms with Gasteiger partial charge in [0.2, 0.25) is 5.91 Å². The first kappa shape index (κ1) is 17.9. The maximum Gasteiger partial charge on any atom is 0.223 e. The highest BCUT2D eigenvalue weighted by Crippen LogP contribution is 2.26. The van der Waals surface area contributed by atoms with Crippen molar-refractivity contribution in [3.63, 3.8) is 0 Å². The molecular formula is C19H28N4O2. The smallest absolute Gasteiger partial charge is 0.223 e. The number of morpholine rings is 1. The predicted octanol–water partition coefficient (Wildman–Crippen LogP) is 2.46. The van der Waals surface area contributed by atoms with E-state index in [-0.39, 0.29) is 12.0 Å². The van der Waals surface area contributed by atoms with Gasteiger partial charge in [-0.05, 0) is 44.7 Å². The SMILES string of the molecule is CC[C@@H]1CN(C(=O)CCc2c(C)nc3c(c(C)nn3C)c2C)CCO1. The minimum atomic E-state index is 0.178. The molecule has 1 atom stereocenters. The van der Waals surface area contributed by atoms with Gasteiger partial charge in [0.25, 0.3) is 0 Å². The van der Waals surface area contributed by atoms with Gasteiger partial charge in [0, 0.05) is 37.6 Å². The number of hydrogen-bond acceptors (Lipinski definition) is 4. The van der Waals surface area contributed by atoms with Crippen LogP contribution in [0.3, 0.4) is 0 Å². The first-order valence-electron chi connectivity index (χ1n) is 9.11. The summed E-state index contributed by atoms with van der Waals surface area (Å²) >= 11 is 0. The Balaban J connectivity index is 1.77. The number of aromatic nitrogens is 3. The fraction of sp³-hybridized carbons (Fsp3) is 0.632. The maximum absolute atomic E-state index is 12.6. The Morgan fingerprint density at radius 2 is 2.04 bits per heavy atom. The molecule has 0 radical (unpaired) electrons. The molecule has 2 aromatic heterocycles. The van der Waals surface area contributed by atoms with Gasteiger partial charge in [-0.1, -0.05) is 6.92 Å². The average Bonchev–Trinajstić information content (AvgIpc) is 2.88. The van der Waals surface area contributed by atoms with Crippen molar-refractivity contribution in [3.05, 3.63) is 22.5 Å². The summed E-state index contributed by atoms with van der Waals surface area (Å²) < 4.78 is 7.49. The zero-order valence-corrected chi connectivity index (χ0v) is 15.9. The molecule has 6 heteroatoms. The van der Waals surface area contributed by atoms with Crippen LogP contribution < -0.4 is 0 Å². The van der Waals surface area contributed by atoms with Crippen LogP contribution in [0.15, 0.2) is 0 Å². The first-order chi connectivity index (χ1) is 11.9. The molecule has 3 heterocycles. The summed E-state index contributed by atoms with van der Waals surface area (Å²) in [4.78, 5) is 19.3. The summed E-state index contributed by atoms with van der Waals surface area (Å²) in [7, 11) is 1.92. The zero-order chi connectivity index (χ0) is 18.1. The van der Waals surface area contributed by atoms with E-state index in [0.717, 1.165) is 35.3 Å². The van der Waals surface area contributed by atoms with Crippen molar-refractivity contribution in [2.24, 2.45) is 7.05 Å². The van der Waals surface area contributed by atoms with Crippen LogP contribution in [0.1, 0.15) is 42.3 Å². The lowest BCUT2D eigenvalue weighted by atomic mass is 9.99. The lowest BCUT2D eigenvalue weighted by molar-refractivity contribution is -0.138. The lowest BCUT2D eigenvalue weighted by Crippen LogP contribution is -2.45. The van der Waals surface area contributed by atoms with Crippen molar-refractivity contribution in [3.8, 4) is 0 Å². The molecule has 1 aliphatic heterocycles. The topological polar surface area (TPSA) is 60.2 Å². The van der Waals surface area contributed by atoms with E-state index in [0.29, 0.717) is 26.1 Å². The van der Waals surface area contributed by atoms with E-state index in [1.165, 1.54) is 11.1 Å². The van der Waals surface area contributed by atoms with Crippen LogP contribution >= 0.6 is 0 Å². The Morgan fingerprint density at radius 1 is 1.28 bits per heavy atom. The average molecular weight is 344 g/mol. The minimum Gasteiger partial charge on any atom is -0.375 e. The van der Waals surface area contributed by atoms with E-state index >= 15 is 0 Å². The fourth-order valence-corrected chi connectivity index (χ4v) is 3.81. The van der Waals surface area contributed by atoms with Crippen LogP contribution in [0.4, 0.5) is 0 Å². The Kier molecular flexibility index (Phi) is 5.08. The number of nitrogens with zero attached hydrogens (tertiary/aromatic N) is 4. The Labute approximate surface area is 149 Å². The van der Waals surface area contributed by atoms with Crippen molar-refractivity contribution in [2.45, 2.75) is 53.1 Å². The number of rotatable bonds is 4. The highest BCUT2D eigenvalue weighted by Gasteiger charge is 2.23. The molecule has 1 saturated heterocycles. The summed E-state index contributed by atoms with van der Waals surface area (Å²) in [5.74, 6) is 0.212. The molecule has 3 rings (SSSR count). The molecule has 2 aromatic rings. The fourth-order valence-electron chi connectivity index (χ4n) is 3.81. The molecule has 0 N–H and O–H groups in total. The Hall–Kier alpha value is -1.95. The molecular weight excluding hydrogens is 316 g/mol. The standard InChI is InChI=1S/C19H28N4O2/c1-6-15-11-23(9-10-25-15)17(24)8-7-16-12(2)18-14(4)21-22(5)19(18)20-13(16)3/h15H,6-11H2,1-5H3/t15-/m1/s1. The van der Waals surface area contributed by atoms with E-state index in [2.05, 4.69) is 18.9 Å². The van der Waals surface area contributed by atoms with E-state index in [4.69, 9.17) is 9.72 Å². The molecule has 1 fully saturated rings. The third-order valence-electron chi connectivity index (χ3n) is 5.27. The van der Waals surface area contributed by atoms with Crippen LogP contribution in [0, 0.1) is 20.8 Å². The largest absolute Gasteiger partial charge is 0.375 e. The summed E-state index contributed by atoms with van der Waals surface area (Å²) in [6, 6.07) is 0. The van der Waals surface area contributed by atoms with E-state index < -0.39 is 0 Å². The van der Waals surface area contributed by atoms with Gasteiger partial charge in [-0.15, -0.1) is 0 Å². The van der Waals surface area contributed by atoms with Crippen LogP contribution in [0.25, 0.3) is 11.0 Å². The van der Waals surface area contributed by atoms with E-state index in [1.54, 1.807) is 0 Å². The molecule has 0 spiro atoms. The number of fused-ring (bicyclic) bond motifs is 1. The van der Waals surface area contributed by atoms with Crippen LogP contribution in [-0.4, -0.2) is 51.4 Å². The van der Waals surface area contributed by atoms with E-state index in [1.807, 2.05) is 30.5 Å². The number of hydrogen-bond donors (Lipinski definition) is 0. The molecule has 0 aliphatic carbocycles. The third kappa shape index (κ3) is 3.40. The van der Waals surface area contributed by atoms with Crippen molar-refractivity contribution in [2.75, 3.05) is 19.7 Å². The minimum absolute atomic E-state index is 0.178. The van der Waals surface area contributed by atoms with Gasteiger partial charge in [-0.3, -0.25) is 9.48 Å². The normalized spacial score (nSPS) is 18.1. The van der Waals surface area contributed by atoms with Crippen molar-refractivity contribution in [1.82, 2.24) is 19.7 Å². The van der Waals surface area contributed by atoms with Crippen molar-refractivity contribution < 1.29 is 9.53 Å². The van der Waals surface area contributed by atoms with E-state index in [9.17, 15) is 4.79 Å². The van der Waals surface area contributed by atoms with Crippen LogP contribution in [0.2, 0.25) is 0 Å². The summed E-state index contributed by atoms with van der Waals surface area (Å²) in [5.41, 5.74) is 5.29. The van der Waals surface area contributed by atoms with Gasteiger partial charge in [0.15, 0.2) is 5.65 Å². The van der Waals surface area contributed by atoms with Gasteiger partial charge < -0.3 is 9.64 Å². The van der Waals surface area contributed by atoms with Crippen molar-refractivity contribution >= 4 is 16.9 Å². The monoisotopic (exact) mass is 344 g/mol. The van der Waals surface area contributed by atoms with Gasteiger partial charge >= 0.3 is 0 Å². The molecule has 0 saturated carbocycles. The van der Waals surface area contributed by atoms with Crippen LogP contribution in [0.5, 0.6) is 0 Å². The Morgan fingerprint density at radius 3 is 2.76 bits per heavy atom. The number of carbonyl (C=O) groups is 1. The lowest BCUT2D eigenvalue weighted by Gasteiger charge is -2.32. The molecule has 0 unspecified atom stereocenters. The highest BCUT2D eigenvalue weighted by molar-refractivity contribution is 5.84. The number of aryl methyl sites for hydroxylation is 4. The quantitative estimate of drug-likeness (QED) is 0.855. The summed E-state index contributed by atoms with van der Waals surface area (Å²) in [5, 5.41) is 5.60. The number of carbonyl (C=O) groups excluding carboxylic acids is 1. The molecule has 1 aliphatic rings. The zero-order valence-electron chi connectivity index (χ0n) is 15.9. The first-order valence-corrected chi connectivity index (χ1v) is 9.11. The van der Waals surface area contributed by atoms with Crippen molar-refractivity contribution in [1.29, 1.82) is 0 Å². The second-order valence-corrected chi connectivity index (χ2v) is 6.95. The Bertz CT molecular complexity index is 797. The predicted molar refractivity (Wildman–Crippen MR) is 97.7 cm³/mol. The third-order valence-corrected chi connectivity index (χ3v) is 5.27. The molecule has 25 heavy (non-hydrogen) atoms. The second-order valence-electron chi connectivity index (χ2n) is 6.95. The summed E-state index contributed by atoms with van der Waals surface area (Å²) in [6.07, 6.45) is 2.37. The summed E-state index contributed by atoms with van der Waals surface area (Å²) in [6.45, 7) is 10.3. The molecule has 6 nitrogen and oxygen atoms in total. The second kappa shape index (κ2) is 7.12.